The Balaban J connectivity index is 1.56. The lowest BCUT2D eigenvalue weighted by Crippen LogP contribution is -2.50. The number of carbonyl (C=O) groups is 1. The number of alkyl halides is 3. The molecule has 28 heavy (non-hydrogen) atoms. The molecule has 2 heterocycles. The minimum absolute atomic E-state index is 0.0707. The van der Waals surface area contributed by atoms with Crippen LogP contribution in [0, 0.1) is 0 Å². The van der Waals surface area contributed by atoms with Gasteiger partial charge in [-0.1, -0.05) is 0 Å². The predicted molar refractivity (Wildman–Crippen MR) is 95.7 cm³/mol. The Kier molecular flexibility index (Phi) is 4.31. The van der Waals surface area contributed by atoms with Gasteiger partial charge in [-0.25, -0.2) is 15.0 Å². The summed E-state index contributed by atoms with van der Waals surface area (Å²) >= 11 is 0. The summed E-state index contributed by atoms with van der Waals surface area (Å²) in [7, 11) is 3.51. The average molecular weight is 394 g/mol. The van der Waals surface area contributed by atoms with Crippen molar-refractivity contribution in [1.29, 1.82) is 0 Å². The van der Waals surface area contributed by atoms with E-state index in [-0.39, 0.29) is 19.4 Å². The van der Waals surface area contributed by atoms with Gasteiger partial charge in [-0.05, 0) is 32.1 Å². The molecule has 10 heteroatoms. The van der Waals surface area contributed by atoms with Crippen LogP contribution in [0.25, 0.3) is 11.5 Å². The molecule has 1 fully saturated rings. The molecule has 0 unspecified atom stereocenters. The average Bonchev–Trinajstić information content (AvgIpc) is 3.05. The number of halogens is 3. The molecule has 2 aromatic rings. The number of nitrogens with zero attached hydrogens (tertiary/aromatic N) is 5. The van der Waals surface area contributed by atoms with E-state index in [1.54, 1.807) is 29.0 Å². The van der Waals surface area contributed by atoms with Gasteiger partial charge in [0, 0.05) is 31.5 Å². The summed E-state index contributed by atoms with van der Waals surface area (Å²) in [6.07, 6.45) is 1.40. The molecular formula is C18H21F3N6O. The molecule has 0 spiro atoms. The number of aromatic nitrogens is 4. The maximum absolute atomic E-state index is 13.1. The third kappa shape index (κ3) is 3.31. The summed E-state index contributed by atoms with van der Waals surface area (Å²) < 4.78 is 41.0. The van der Waals surface area contributed by atoms with Crippen molar-refractivity contribution in [3.05, 3.63) is 23.8 Å². The van der Waals surface area contributed by atoms with Crippen LogP contribution in [0.5, 0.6) is 0 Å². The lowest BCUT2D eigenvalue weighted by molar-refractivity contribution is -0.170. The largest absolute Gasteiger partial charge is 0.411 e. The van der Waals surface area contributed by atoms with Gasteiger partial charge in [0.15, 0.2) is 5.82 Å². The Morgan fingerprint density at radius 3 is 2.68 bits per heavy atom. The van der Waals surface area contributed by atoms with Gasteiger partial charge < -0.3 is 14.8 Å². The molecule has 0 saturated heterocycles. The zero-order valence-electron chi connectivity index (χ0n) is 15.7. The summed E-state index contributed by atoms with van der Waals surface area (Å²) in [6, 6.07) is 0. The molecule has 1 N–H and O–H groups in total. The zero-order chi connectivity index (χ0) is 20.1. The van der Waals surface area contributed by atoms with E-state index >= 15 is 0 Å². The van der Waals surface area contributed by atoms with Crippen molar-refractivity contribution in [1.82, 2.24) is 24.8 Å². The first-order chi connectivity index (χ1) is 13.2. The van der Waals surface area contributed by atoms with Gasteiger partial charge in [0.25, 0.3) is 0 Å². The maximum Gasteiger partial charge on any atom is 0.411 e. The number of likely N-dealkylation sites (N-methyl/N-ethyl adjacent to an activating group) is 1. The Bertz CT molecular complexity index is 919. The number of fused-ring (bicyclic) bond motifs is 1. The number of anilines is 1. The first-order valence-electron chi connectivity index (χ1n) is 9.15. The monoisotopic (exact) mass is 394 g/mol. The SMILES string of the molecule is CN(CC(=O)NC1(C(F)(F)F)CC1)c1nc(-c2cn(C)cn2)nc2c1CCC2. The third-order valence-electron chi connectivity index (χ3n) is 5.26. The van der Waals surface area contributed by atoms with E-state index in [1.165, 1.54) is 0 Å². The summed E-state index contributed by atoms with van der Waals surface area (Å²) in [5, 5.41) is 2.16. The van der Waals surface area contributed by atoms with Gasteiger partial charge in [0.05, 0.1) is 12.9 Å². The molecule has 0 aliphatic heterocycles. The molecule has 0 radical (unpaired) electrons. The topological polar surface area (TPSA) is 75.9 Å². The van der Waals surface area contributed by atoms with Gasteiger partial charge in [0.1, 0.15) is 17.1 Å². The molecule has 0 atom stereocenters. The van der Waals surface area contributed by atoms with Crippen LogP contribution in [-0.4, -0.2) is 50.7 Å². The fourth-order valence-corrected chi connectivity index (χ4v) is 3.57. The van der Waals surface area contributed by atoms with Crippen molar-refractivity contribution in [2.75, 3.05) is 18.5 Å². The minimum atomic E-state index is -4.43. The summed E-state index contributed by atoms with van der Waals surface area (Å²) in [6.45, 7) is -0.205. The highest BCUT2D eigenvalue weighted by atomic mass is 19.4. The molecule has 0 aromatic carbocycles. The van der Waals surface area contributed by atoms with Gasteiger partial charge in [-0.2, -0.15) is 13.2 Å². The highest BCUT2D eigenvalue weighted by molar-refractivity contribution is 5.82. The van der Waals surface area contributed by atoms with Crippen LogP contribution in [0.3, 0.4) is 0 Å². The Morgan fingerprint density at radius 1 is 1.32 bits per heavy atom. The second-order valence-electron chi connectivity index (χ2n) is 7.56. The molecule has 2 aromatic heterocycles. The molecule has 7 nitrogen and oxygen atoms in total. The van der Waals surface area contributed by atoms with Crippen molar-refractivity contribution in [2.45, 2.75) is 43.8 Å². The lowest BCUT2D eigenvalue weighted by Gasteiger charge is -2.24. The quantitative estimate of drug-likeness (QED) is 0.840. The van der Waals surface area contributed by atoms with Crippen molar-refractivity contribution < 1.29 is 18.0 Å². The smallest absolute Gasteiger partial charge is 0.350 e. The van der Waals surface area contributed by atoms with E-state index in [0.29, 0.717) is 17.3 Å². The first kappa shape index (κ1) is 18.7. The number of amides is 1. The van der Waals surface area contributed by atoms with Crippen LogP contribution >= 0.6 is 0 Å². The van der Waals surface area contributed by atoms with Crippen LogP contribution < -0.4 is 10.2 Å². The van der Waals surface area contributed by atoms with Crippen LogP contribution in [-0.2, 0) is 24.7 Å². The normalized spacial score (nSPS) is 17.3. The Labute approximate surface area is 160 Å². The molecule has 1 saturated carbocycles. The number of imidazole rings is 1. The number of carbonyl (C=O) groups excluding carboxylic acids is 1. The van der Waals surface area contributed by atoms with E-state index in [0.717, 1.165) is 30.5 Å². The molecule has 2 aliphatic carbocycles. The van der Waals surface area contributed by atoms with Crippen molar-refractivity contribution in [3.63, 3.8) is 0 Å². The van der Waals surface area contributed by atoms with Gasteiger partial charge in [-0.3, -0.25) is 4.79 Å². The van der Waals surface area contributed by atoms with Crippen LogP contribution in [0.1, 0.15) is 30.5 Å². The highest BCUT2D eigenvalue weighted by Crippen LogP contribution is 2.48. The van der Waals surface area contributed by atoms with Crippen LogP contribution in [0.15, 0.2) is 12.5 Å². The number of aryl methyl sites for hydroxylation is 2. The van der Waals surface area contributed by atoms with Crippen LogP contribution in [0.2, 0.25) is 0 Å². The van der Waals surface area contributed by atoms with Crippen molar-refractivity contribution in [3.8, 4) is 11.5 Å². The third-order valence-corrected chi connectivity index (χ3v) is 5.26. The lowest BCUT2D eigenvalue weighted by atomic mass is 10.2. The summed E-state index contributed by atoms with van der Waals surface area (Å²) in [4.78, 5) is 27.3. The van der Waals surface area contributed by atoms with E-state index in [2.05, 4.69) is 20.3 Å². The molecule has 0 bridgehead atoms. The number of hydrogen-bond acceptors (Lipinski definition) is 5. The predicted octanol–water partition coefficient (Wildman–Crippen LogP) is 2.01. The number of nitrogens with one attached hydrogen (secondary N) is 1. The Morgan fingerprint density at radius 2 is 2.07 bits per heavy atom. The first-order valence-corrected chi connectivity index (χ1v) is 9.15. The Hall–Kier alpha value is -2.65. The minimum Gasteiger partial charge on any atom is -0.350 e. The molecule has 150 valence electrons. The van der Waals surface area contributed by atoms with E-state index < -0.39 is 17.6 Å². The summed E-state index contributed by atoms with van der Waals surface area (Å²) in [5.41, 5.74) is 0.418. The van der Waals surface area contributed by atoms with Gasteiger partial charge in [-0.15, -0.1) is 0 Å². The van der Waals surface area contributed by atoms with Crippen molar-refractivity contribution >= 4 is 11.7 Å². The van der Waals surface area contributed by atoms with Crippen molar-refractivity contribution in [2.24, 2.45) is 7.05 Å². The van der Waals surface area contributed by atoms with E-state index in [1.807, 2.05) is 7.05 Å². The van der Waals surface area contributed by atoms with E-state index in [9.17, 15) is 18.0 Å². The standard InChI is InChI=1S/C18H21F3N6O/c1-26-8-13(22-10-26)15-23-12-5-3-4-11(12)16(24-15)27(2)9-14(28)25-17(6-7-17)18(19,20)21/h8,10H,3-7,9H2,1-2H3,(H,25,28). The van der Waals surface area contributed by atoms with E-state index in [4.69, 9.17) is 0 Å². The second kappa shape index (κ2) is 6.46. The number of hydrogen-bond donors (Lipinski definition) is 1. The number of rotatable bonds is 5. The highest BCUT2D eigenvalue weighted by Gasteiger charge is 2.64. The van der Waals surface area contributed by atoms with Gasteiger partial charge in [0.2, 0.25) is 5.91 Å². The molecule has 2 aliphatic rings. The molecule has 4 rings (SSSR count). The molecule has 1 amide bonds. The van der Waals surface area contributed by atoms with Crippen LogP contribution in [0.4, 0.5) is 19.0 Å². The maximum atomic E-state index is 13.1. The fourth-order valence-electron chi connectivity index (χ4n) is 3.57. The summed E-state index contributed by atoms with van der Waals surface area (Å²) in [5.74, 6) is 0.370. The second-order valence-corrected chi connectivity index (χ2v) is 7.56. The molecular weight excluding hydrogens is 373 g/mol. The van der Waals surface area contributed by atoms with Gasteiger partial charge >= 0.3 is 6.18 Å². The fraction of sp³-hybridized carbons (Fsp3) is 0.556. The zero-order valence-corrected chi connectivity index (χ0v) is 15.7.